The summed E-state index contributed by atoms with van der Waals surface area (Å²) in [6.45, 7) is 1.73. The molecule has 1 aliphatic heterocycles. The van der Waals surface area contributed by atoms with Crippen LogP contribution in [-0.2, 0) is 13.0 Å². The van der Waals surface area contributed by atoms with E-state index < -0.39 is 5.97 Å². The maximum absolute atomic E-state index is 11.0. The molecule has 0 fully saturated rings. The van der Waals surface area contributed by atoms with Gasteiger partial charge >= 0.3 is 5.97 Å². The largest absolute Gasteiger partial charge is 0.478 e. The lowest BCUT2D eigenvalue weighted by Crippen LogP contribution is -2.27. The summed E-state index contributed by atoms with van der Waals surface area (Å²) in [5.74, 6) is -0.947. The molecule has 0 bridgehead atoms. The number of carboxylic acid groups (broad SMARTS) is 1. The molecule has 1 N–H and O–H groups in total. The van der Waals surface area contributed by atoms with E-state index in [1.165, 1.54) is 0 Å². The smallest absolute Gasteiger partial charge is 0.335 e. The van der Waals surface area contributed by atoms with Crippen molar-refractivity contribution in [3.63, 3.8) is 0 Å². The molecule has 2 aromatic rings. The highest BCUT2D eigenvalue weighted by atomic mass is 35.5. The molecule has 4 nitrogen and oxygen atoms in total. The fraction of sp³-hybridized carbons (Fsp3) is 0.286. The van der Waals surface area contributed by atoms with Crippen LogP contribution in [0.1, 0.15) is 21.6 Å². The Morgan fingerprint density at radius 3 is 3.00 bits per heavy atom. The minimum atomic E-state index is -0.947. The average molecular weight is 277 g/mol. The van der Waals surface area contributed by atoms with Gasteiger partial charge in [0, 0.05) is 36.2 Å². The first-order chi connectivity index (χ1) is 9.06. The van der Waals surface area contributed by atoms with Crippen LogP contribution in [0, 0.1) is 0 Å². The number of aromatic carboxylic acids is 1. The normalized spacial score (nSPS) is 15.5. The predicted octanol–water partition coefficient (Wildman–Crippen LogP) is 2.57. The molecule has 0 aliphatic carbocycles. The van der Waals surface area contributed by atoms with E-state index in [0.29, 0.717) is 10.5 Å². The third-order valence-corrected chi connectivity index (χ3v) is 3.94. The van der Waals surface area contributed by atoms with Gasteiger partial charge in [0.15, 0.2) is 0 Å². The van der Waals surface area contributed by atoms with E-state index in [9.17, 15) is 4.79 Å². The molecule has 1 aliphatic rings. The predicted molar refractivity (Wildman–Crippen MR) is 73.8 cm³/mol. The molecule has 5 heteroatoms. The Balaban J connectivity index is 2.24. The van der Waals surface area contributed by atoms with E-state index in [4.69, 9.17) is 16.7 Å². The summed E-state index contributed by atoms with van der Waals surface area (Å²) in [5.41, 5.74) is 2.95. The van der Waals surface area contributed by atoms with Crippen LogP contribution in [0.15, 0.2) is 18.2 Å². The van der Waals surface area contributed by atoms with E-state index in [-0.39, 0.29) is 5.56 Å². The summed E-state index contributed by atoms with van der Waals surface area (Å²) < 4.78 is 0. The first-order valence-electron chi connectivity index (χ1n) is 6.09. The van der Waals surface area contributed by atoms with E-state index in [0.717, 1.165) is 36.2 Å². The zero-order chi connectivity index (χ0) is 13.6. The fourth-order valence-electron chi connectivity index (χ4n) is 2.46. The molecule has 1 aromatic carbocycles. The highest BCUT2D eigenvalue weighted by Gasteiger charge is 2.20. The van der Waals surface area contributed by atoms with Crippen molar-refractivity contribution in [2.75, 3.05) is 13.6 Å². The van der Waals surface area contributed by atoms with E-state index in [2.05, 4.69) is 16.9 Å². The number of likely N-dealkylation sites (N-methyl/N-ethyl adjacent to an activating group) is 1. The lowest BCUT2D eigenvalue weighted by molar-refractivity contribution is 0.0697. The van der Waals surface area contributed by atoms with Gasteiger partial charge in [0.2, 0.25) is 0 Å². The van der Waals surface area contributed by atoms with Gasteiger partial charge in [-0.3, -0.25) is 4.98 Å². The Bertz CT molecular complexity index is 685. The molecule has 0 saturated carbocycles. The summed E-state index contributed by atoms with van der Waals surface area (Å²) in [5, 5.41) is 10.5. The number of pyridine rings is 1. The van der Waals surface area contributed by atoms with Crippen molar-refractivity contribution in [1.29, 1.82) is 0 Å². The lowest BCUT2D eigenvalue weighted by Gasteiger charge is -2.25. The number of halogens is 1. The fourth-order valence-corrected chi connectivity index (χ4v) is 2.79. The SMILES string of the molecule is CN1CCc2nc3cc(C(=O)O)ccc3c(Cl)c2C1. The summed E-state index contributed by atoms with van der Waals surface area (Å²) in [6, 6.07) is 4.89. The van der Waals surface area contributed by atoms with Crippen LogP contribution >= 0.6 is 11.6 Å². The topological polar surface area (TPSA) is 53.4 Å². The monoisotopic (exact) mass is 276 g/mol. The van der Waals surface area contributed by atoms with Crippen molar-refractivity contribution in [3.05, 3.63) is 40.0 Å². The Hall–Kier alpha value is -1.65. The molecule has 0 spiro atoms. The van der Waals surface area contributed by atoms with Crippen molar-refractivity contribution < 1.29 is 9.90 Å². The van der Waals surface area contributed by atoms with Gasteiger partial charge in [-0.1, -0.05) is 17.7 Å². The van der Waals surface area contributed by atoms with E-state index in [1.54, 1.807) is 18.2 Å². The number of fused-ring (bicyclic) bond motifs is 2. The second-order valence-corrected chi connectivity index (χ2v) is 5.25. The van der Waals surface area contributed by atoms with Crippen molar-refractivity contribution in [1.82, 2.24) is 9.88 Å². The Labute approximate surface area is 115 Å². The van der Waals surface area contributed by atoms with E-state index in [1.807, 2.05) is 0 Å². The molecule has 0 unspecified atom stereocenters. The van der Waals surface area contributed by atoms with Crippen LogP contribution in [0.25, 0.3) is 10.9 Å². The summed E-state index contributed by atoms with van der Waals surface area (Å²) in [4.78, 5) is 17.8. The van der Waals surface area contributed by atoms with Crippen LogP contribution in [0.3, 0.4) is 0 Å². The molecule has 3 rings (SSSR count). The molecule has 0 amide bonds. The number of aromatic nitrogens is 1. The molecule has 0 radical (unpaired) electrons. The molecule has 0 saturated heterocycles. The van der Waals surface area contributed by atoms with Gasteiger partial charge in [-0.25, -0.2) is 4.79 Å². The zero-order valence-corrected chi connectivity index (χ0v) is 11.2. The van der Waals surface area contributed by atoms with Crippen LogP contribution in [-0.4, -0.2) is 34.6 Å². The maximum Gasteiger partial charge on any atom is 0.335 e. The van der Waals surface area contributed by atoms with Gasteiger partial charge in [-0.05, 0) is 19.2 Å². The number of carboxylic acids is 1. The van der Waals surface area contributed by atoms with Crippen LogP contribution in [0.2, 0.25) is 5.02 Å². The summed E-state index contributed by atoms with van der Waals surface area (Å²) in [6.07, 6.45) is 0.846. The first-order valence-corrected chi connectivity index (χ1v) is 6.47. The first kappa shape index (κ1) is 12.4. The number of benzene rings is 1. The lowest BCUT2D eigenvalue weighted by atomic mass is 10.0. The molecule has 19 heavy (non-hydrogen) atoms. The van der Waals surface area contributed by atoms with Crippen LogP contribution in [0.4, 0.5) is 0 Å². The number of hydrogen-bond acceptors (Lipinski definition) is 3. The number of rotatable bonds is 1. The van der Waals surface area contributed by atoms with Gasteiger partial charge < -0.3 is 10.0 Å². The van der Waals surface area contributed by atoms with Gasteiger partial charge in [0.25, 0.3) is 0 Å². The summed E-state index contributed by atoms with van der Waals surface area (Å²) in [7, 11) is 2.05. The van der Waals surface area contributed by atoms with Crippen LogP contribution < -0.4 is 0 Å². The van der Waals surface area contributed by atoms with Crippen molar-refractivity contribution >= 4 is 28.5 Å². The average Bonchev–Trinajstić information content (AvgIpc) is 2.39. The minimum Gasteiger partial charge on any atom is -0.478 e. The van der Waals surface area contributed by atoms with E-state index >= 15 is 0 Å². The van der Waals surface area contributed by atoms with Gasteiger partial charge in [0.1, 0.15) is 0 Å². The minimum absolute atomic E-state index is 0.240. The second kappa shape index (κ2) is 4.47. The standard InChI is InChI=1S/C14H13ClN2O2/c1-17-5-4-11-10(7-17)13(15)9-3-2-8(14(18)19)6-12(9)16-11/h2-3,6H,4-5,7H2,1H3,(H,18,19). The maximum atomic E-state index is 11.0. The molecule has 1 aromatic heterocycles. The Morgan fingerprint density at radius 2 is 2.26 bits per heavy atom. The van der Waals surface area contributed by atoms with Crippen molar-refractivity contribution in [2.45, 2.75) is 13.0 Å². The van der Waals surface area contributed by atoms with Gasteiger partial charge in [-0.15, -0.1) is 0 Å². The van der Waals surface area contributed by atoms with Crippen molar-refractivity contribution in [3.8, 4) is 0 Å². The Kier molecular flexibility index (Phi) is 2.92. The second-order valence-electron chi connectivity index (χ2n) is 4.88. The van der Waals surface area contributed by atoms with Crippen molar-refractivity contribution in [2.24, 2.45) is 0 Å². The highest BCUT2D eigenvalue weighted by molar-refractivity contribution is 6.36. The number of carbonyl (C=O) groups is 1. The number of hydrogen-bond donors (Lipinski definition) is 1. The van der Waals surface area contributed by atoms with Crippen LogP contribution in [0.5, 0.6) is 0 Å². The molecule has 2 heterocycles. The molecular weight excluding hydrogens is 264 g/mol. The summed E-state index contributed by atoms with van der Waals surface area (Å²) >= 11 is 6.44. The molecular formula is C14H13ClN2O2. The quantitative estimate of drug-likeness (QED) is 0.870. The van der Waals surface area contributed by atoms with Gasteiger partial charge in [0.05, 0.1) is 16.1 Å². The van der Waals surface area contributed by atoms with Gasteiger partial charge in [-0.2, -0.15) is 0 Å². The Morgan fingerprint density at radius 1 is 1.47 bits per heavy atom. The number of nitrogens with zero attached hydrogens (tertiary/aromatic N) is 2. The molecule has 0 atom stereocenters. The highest BCUT2D eigenvalue weighted by Crippen LogP contribution is 2.31. The third kappa shape index (κ3) is 2.07. The zero-order valence-electron chi connectivity index (χ0n) is 10.5. The third-order valence-electron chi connectivity index (χ3n) is 3.51. The molecule has 98 valence electrons.